The third-order valence-corrected chi connectivity index (χ3v) is 9.18. The van der Waals surface area contributed by atoms with Crippen molar-refractivity contribution in [3.63, 3.8) is 0 Å². The van der Waals surface area contributed by atoms with Crippen LogP contribution in [0.4, 0.5) is 5.69 Å². The minimum absolute atomic E-state index is 0.0119. The zero-order chi connectivity index (χ0) is 31.1. The second-order valence-corrected chi connectivity index (χ2v) is 14.3. The second-order valence-electron chi connectivity index (χ2n) is 13.4. The molecule has 43 heavy (non-hydrogen) atoms. The van der Waals surface area contributed by atoms with E-state index in [0.29, 0.717) is 41.8 Å². The predicted molar refractivity (Wildman–Crippen MR) is 168 cm³/mol. The van der Waals surface area contributed by atoms with Crippen LogP contribution in [0.1, 0.15) is 76.8 Å². The van der Waals surface area contributed by atoms with E-state index in [1.807, 2.05) is 18.2 Å². The fourth-order valence-electron chi connectivity index (χ4n) is 6.75. The van der Waals surface area contributed by atoms with Crippen molar-refractivity contribution in [3.8, 4) is 5.75 Å². The highest BCUT2D eigenvalue weighted by atomic mass is 79.9. The fraction of sp³-hybridized carbons (Fsp3) is 0.471. The molecule has 0 amide bonds. The van der Waals surface area contributed by atoms with Gasteiger partial charge in [0.2, 0.25) is 0 Å². The number of nitrogens with zero attached hydrogens (tertiary/aromatic N) is 2. The number of nitro benzene ring substituents is 1. The smallest absolute Gasteiger partial charge is 0.269 e. The summed E-state index contributed by atoms with van der Waals surface area (Å²) in [5.41, 5.74) is 4.74. The molecule has 0 spiro atoms. The molecule has 0 unspecified atom stereocenters. The number of ether oxygens (including phenoxy) is 2. The van der Waals surface area contributed by atoms with Crippen molar-refractivity contribution in [2.75, 3.05) is 20.3 Å². The molecule has 0 saturated carbocycles. The highest BCUT2D eigenvalue weighted by Gasteiger charge is 2.48. The van der Waals surface area contributed by atoms with Gasteiger partial charge in [-0.1, -0.05) is 45.9 Å². The molecule has 2 aromatic carbocycles. The van der Waals surface area contributed by atoms with E-state index in [4.69, 9.17) is 9.47 Å². The number of halogens is 1. The van der Waals surface area contributed by atoms with Gasteiger partial charge in [0.05, 0.1) is 9.40 Å². The number of carbonyl (C=O) groups excluding carboxylic acids is 2. The summed E-state index contributed by atoms with van der Waals surface area (Å²) in [6, 6.07) is 12.1. The number of rotatable bonds is 9. The molecule has 228 valence electrons. The minimum atomic E-state index is -0.446. The zero-order valence-electron chi connectivity index (χ0n) is 25.5. The van der Waals surface area contributed by atoms with Gasteiger partial charge in [-0.05, 0) is 69.3 Å². The average molecular weight is 652 g/mol. The summed E-state index contributed by atoms with van der Waals surface area (Å²) in [5.74, 6) is 0.319. The van der Waals surface area contributed by atoms with E-state index in [9.17, 15) is 19.7 Å². The van der Waals surface area contributed by atoms with E-state index in [1.165, 1.54) is 12.1 Å². The molecule has 0 aromatic heterocycles. The Morgan fingerprint density at radius 2 is 1.58 bits per heavy atom. The van der Waals surface area contributed by atoms with Crippen molar-refractivity contribution in [1.82, 2.24) is 4.90 Å². The molecule has 2 aliphatic carbocycles. The van der Waals surface area contributed by atoms with Gasteiger partial charge in [-0.25, -0.2) is 0 Å². The van der Waals surface area contributed by atoms with E-state index in [0.717, 1.165) is 47.4 Å². The first-order chi connectivity index (χ1) is 20.3. The van der Waals surface area contributed by atoms with E-state index >= 15 is 0 Å². The Hall–Kier alpha value is -3.30. The third-order valence-electron chi connectivity index (χ3n) is 8.56. The van der Waals surface area contributed by atoms with Crippen molar-refractivity contribution in [2.45, 2.75) is 72.3 Å². The maximum Gasteiger partial charge on any atom is 0.269 e. The van der Waals surface area contributed by atoms with Crippen LogP contribution in [0.3, 0.4) is 0 Å². The van der Waals surface area contributed by atoms with Gasteiger partial charge in [0.1, 0.15) is 12.4 Å². The summed E-state index contributed by atoms with van der Waals surface area (Å²) < 4.78 is 12.1. The van der Waals surface area contributed by atoms with Crippen LogP contribution in [0, 0.1) is 20.9 Å². The first-order valence-corrected chi connectivity index (χ1v) is 15.5. The molecular weight excluding hydrogens is 612 g/mol. The molecule has 9 heteroatoms. The Bertz CT molecular complexity index is 1490. The van der Waals surface area contributed by atoms with Crippen molar-refractivity contribution >= 4 is 33.2 Å². The molecule has 1 heterocycles. The molecule has 1 aliphatic heterocycles. The van der Waals surface area contributed by atoms with Crippen LogP contribution in [0.15, 0.2) is 69.5 Å². The number of methoxy groups -OCH3 is 1. The Balaban J connectivity index is 1.56. The monoisotopic (exact) mass is 650 g/mol. The molecule has 0 radical (unpaired) electrons. The van der Waals surface area contributed by atoms with Crippen molar-refractivity contribution in [3.05, 3.63) is 90.7 Å². The van der Waals surface area contributed by atoms with Gasteiger partial charge in [0, 0.05) is 73.7 Å². The van der Waals surface area contributed by atoms with Crippen LogP contribution in [-0.4, -0.2) is 41.7 Å². The van der Waals surface area contributed by atoms with Gasteiger partial charge >= 0.3 is 0 Å². The van der Waals surface area contributed by atoms with Crippen molar-refractivity contribution in [2.24, 2.45) is 10.8 Å². The normalized spacial score (nSPS) is 19.8. The van der Waals surface area contributed by atoms with Crippen LogP contribution in [0.2, 0.25) is 0 Å². The molecule has 5 rings (SSSR count). The van der Waals surface area contributed by atoms with E-state index in [2.05, 4.69) is 48.5 Å². The van der Waals surface area contributed by atoms with E-state index in [-0.39, 0.29) is 34.7 Å². The van der Waals surface area contributed by atoms with Crippen LogP contribution in [0.5, 0.6) is 5.75 Å². The fourth-order valence-corrected chi connectivity index (χ4v) is 7.26. The first kappa shape index (κ1) is 31.1. The van der Waals surface area contributed by atoms with E-state index in [1.54, 1.807) is 19.2 Å². The quantitative estimate of drug-likeness (QED) is 0.156. The summed E-state index contributed by atoms with van der Waals surface area (Å²) in [4.78, 5) is 41.0. The average Bonchev–Trinajstić information content (AvgIpc) is 2.91. The van der Waals surface area contributed by atoms with Gasteiger partial charge in [-0.3, -0.25) is 19.7 Å². The Kier molecular flexibility index (Phi) is 8.69. The summed E-state index contributed by atoms with van der Waals surface area (Å²) in [7, 11) is 1.69. The van der Waals surface area contributed by atoms with Crippen molar-refractivity contribution in [1.29, 1.82) is 0 Å². The molecule has 0 N–H and O–H groups in total. The lowest BCUT2D eigenvalue weighted by atomic mass is 9.63. The molecular formula is C34H39BrN2O6. The molecule has 2 aromatic rings. The molecule has 0 saturated heterocycles. The van der Waals surface area contributed by atoms with Gasteiger partial charge < -0.3 is 14.4 Å². The van der Waals surface area contributed by atoms with Crippen LogP contribution < -0.4 is 4.74 Å². The third kappa shape index (κ3) is 6.48. The highest BCUT2D eigenvalue weighted by molar-refractivity contribution is 9.10. The molecule has 0 bridgehead atoms. The summed E-state index contributed by atoms with van der Waals surface area (Å²) >= 11 is 3.66. The molecule has 3 aliphatic rings. The molecule has 8 nitrogen and oxygen atoms in total. The van der Waals surface area contributed by atoms with Crippen LogP contribution in [0.25, 0.3) is 0 Å². The van der Waals surface area contributed by atoms with Crippen molar-refractivity contribution < 1.29 is 24.0 Å². The number of nitro groups is 1. The Morgan fingerprint density at radius 1 is 0.953 bits per heavy atom. The lowest BCUT2D eigenvalue weighted by molar-refractivity contribution is -0.384. The lowest BCUT2D eigenvalue weighted by Gasteiger charge is -2.49. The number of carbonyl (C=O) groups is 2. The minimum Gasteiger partial charge on any atom is -0.488 e. The van der Waals surface area contributed by atoms with E-state index < -0.39 is 10.8 Å². The summed E-state index contributed by atoms with van der Waals surface area (Å²) in [5, 5.41) is 11.2. The predicted octanol–water partition coefficient (Wildman–Crippen LogP) is 7.66. The van der Waals surface area contributed by atoms with Crippen LogP contribution in [-0.2, 0) is 20.9 Å². The van der Waals surface area contributed by atoms with Gasteiger partial charge in [-0.15, -0.1) is 0 Å². The number of Topliss-reactive ketones (excluding diaryl/α,β-unsaturated/α-hetero) is 2. The first-order valence-electron chi connectivity index (χ1n) is 14.7. The maximum atomic E-state index is 14.0. The largest absolute Gasteiger partial charge is 0.488 e. The number of hydrogen-bond acceptors (Lipinski definition) is 7. The number of hydrogen-bond donors (Lipinski definition) is 0. The number of ketones is 2. The van der Waals surface area contributed by atoms with Crippen LogP contribution >= 0.6 is 15.9 Å². The standard InChI is InChI=1S/C34H39BrN2O6/c1-33(2)16-25-31(27(38)18-33)30(32-26(36(25)12-7-13-42-5)17-34(3,4)19-28(32)39)22-10-11-29(24(35)15-22)43-20-21-8-6-9-23(14-21)37(40)41/h6,8-11,14-15,30H,7,12-13,16-20H2,1-5H3. The van der Waals surface area contributed by atoms with Gasteiger partial charge in [0.25, 0.3) is 5.69 Å². The Morgan fingerprint density at radius 3 is 2.14 bits per heavy atom. The number of non-ortho nitro benzene ring substituents is 1. The summed E-state index contributed by atoms with van der Waals surface area (Å²) in [6.45, 7) is 10.0. The summed E-state index contributed by atoms with van der Waals surface area (Å²) in [6.07, 6.45) is 3.17. The number of benzene rings is 2. The second kappa shape index (κ2) is 12.0. The molecule has 0 atom stereocenters. The Labute approximate surface area is 261 Å². The number of allylic oxidation sites excluding steroid dienone is 4. The highest BCUT2D eigenvalue weighted by Crippen LogP contribution is 2.54. The SMILES string of the molecule is COCCCN1C2=C(C(=O)CC(C)(C)C2)C(c2ccc(OCc3cccc([N+](=O)[O-])c3)c(Br)c2)C2=C1CC(C)(C)CC2=O. The zero-order valence-corrected chi connectivity index (χ0v) is 27.1. The molecule has 0 fully saturated rings. The topological polar surface area (TPSA) is 99.0 Å². The van der Waals surface area contributed by atoms with Gasteiger partial charge in [-0.2, -0.15) is 0 Å². The van der Waals surface area contributed by atoms with Gasteiger partial charge in [0.15, 0.2) is 11.6 Å². The lowest BCUT2D eigenvalue weighted by Crippen LogP contribution is -2.44. The maximum absolute atomic E-state index is 14.0.